The van der Waals surface area contributed by atoms with Gasteiger partial charge in [0.1, 0.15) is 5.54 Å². The molecule has 0 aromatic heterocycles. The minimum absolute atomic E-state index is 0.190. The lowest BCUT2D eigenvalue weighted by molar-refractivity contribution is -0.146. The van der Waals surface area contributed by atoms with E-state index in [2.05, 4.69) is 6.92 Å². The highest BCUT2D eigenvalue weighted by Crippen LogP contribution is 2.34. The van der Waals surface area contributed by atoms with Gasteiger partial charge in [0.25, 0.3) is 0 Å². The van der Waals surface area contributed by atoms with Crippen LogP contribution in [0.5, 0.6) is 0 Å². The molecule has 1 aliphatic rings. The molecule has 0 saturated heterocycles. The lowest BCUT2D eigenvalue weighted by Gasteiger charge is -2.36. The van der Waals surface area contributed by atoms with Gasteiger partial charge in [-0.15, -0.1) is 0 Å². The molecular formula is C12H23NO2. The minimum Gasteiger partial charge on any atom is -0.480 e. The van der Waals surface area contributed by atoms with Gasteiger partial charge in [-0.3, -0.25) is 4.79 Å². The molecule has 0 unspecified atom stereocenters. The molecule has 3 N–H and O–H groups in total. The molecule has 1 saturated carbocycles. The summed E-state index contributed by atoms with van der Waals surface area (Å²) in [6, 6.07) is 0. The van der Waals surface area contributed by atoms with Crippen LogP contribution in [0.15, 0.2) is 0 Å². The van der Waals surface area contributed by atoms with Crippen molar-refractivity contribution in [2.75, 3.05) is 0 Å². The van der Waals surface area contributed by atoms with E-state index in [0.717, 1.165) is 38.5 Å². The quantitative estimate of drug-likeness (QED) is 0.737. The summed E-state index contributed by atoms with van der Waals surface area (Å²) in [5.41, 5.74) is 5.14. The molecule has 15 heavy (non-hydrogen) atoms. The van der Waals surface area contributed by atoms with Crippen molar-refractivity contribution in [1.29, 1.82) is 0 Å². The van der Waals surface area contributed by atoms with E-state index in [1.807, 2.05) is 0 Å². The lowest BCUT2D eigenvalue weighted by atomic mass is 9.73. The Morgan fingerprint density at radius 1 is 1.40 bits per heavy atom. The summed E-state index contributed by atoms with van der Waals surface area (Å²) >= 11 is 0. The van der Waals surface area contributed by atoms with Crippen molar-refractivity contribution in [3.8, 4) is 0 Å². The molecule has 3 nitrogen and oxygen atoms in total. The molecule has 0 aromatic rings. The number of hydrogen-bond acceptors (Lipinski definition) is 2. The van der Waals surface area contributed by atoms with Gasteiger partial charge in [-0.05, 0) is 25.2 Å². The van der Waals surface area contributed by atoms with Gasteiger partial charge in [-0.1, -0.05) is 39.0 Å². The third kappa shape index (κ3) is 2.94. The van der Waals surface area contributed by atoms with Gasteiger partial charge in [0.05, 0.1) is 0 Å². The topological polar surface area (TPSA) is 63.3 Å². The highest BCUT2D eigenvalue weighted by molar-refractivity contribution is 5.78. The maximum atomic E-state index is 11.3. The Labute approximate surface area is 92.0 Å². The number of carboxylic acid groups (broad SMARTS) is 1. The van der Waals surface area contributed by atoms with Crippen LogP contribution in [0.3, 0.4) is 0 Å². The molecule has 1 rings (SSSR count). The Hall–Kier alpha value is -0.570. The monoisotopic (exact) mass is 213 g/mol. The summed E-state index contributed by atoms with van der Waals surface area (Å²) in [5, 5.41) is 9.29. The third-order valence-electron chi connectivity index (χ3n) is 3.68. The van der Waals surface area contributed by atoms with Crippen LogP contribution in [0, 0.1) is 5.92 Å². The van der Waals surface area contributed by atoms with Crippen LogP contribution in [0.25, 0.3) is 0 Å². The summed E-state index contributed by atoms with van der Waals surface area (Å²) in [5.74, 6) is -0.613. The van der Waals surface area contributed by atoms with Crippen LogP contribution < -0.4 is 5.73 Å². The molecule has 0 amide bonds. The standard InChI is InChI=1S/C12H23NO2/c1-2-3-9-12(13,11(14)15)10-7-5-4-6-8-10/h10H,2-9,13H2,1H3,(H,14,15)/t12-/m0/s1. The van der Waals surface area contributed by atoms with E-state index in [-0.39, 0.29) is 5.92 Å². The number of nitrogens with two attached hydrogens (primary N) is 1. The largest absolute Gasteiger partial charge is 0.480 e. The average molecular weight is 213 g/mol. The molecule has 1 aliphatic carbocycles. The van der Waals surface area contributed by atoms with Crippen molar-refractivity contribution in [3.63, 3.8) is 0 Å². The predicted octanol–water partition coefficient (Wildman–Crippen LogP) is 2.54. The first-order chi connectivity index (χ1) is 7.11. The predicted molar refractivity (Wildman–Crippen MR) is 60.7 cm³/mol. The second-order valence-corrected chi connectivity index (χ2v) is 4.78. The molecule has 1 atom stereocenters. The molecule has 0 radical (unpaired) electrons. The number of rotatable bonds is 5. The van der Waals surface area contributed by atoms with E-state index in [0.29, 0.717) is 6.42 Å². The van der Waals surface area contributed by atoms with E-state index < -0.39 is 11.5 Å². The average Bonchev–Trinajstić information content (AvgIpc) is 2.27. The molecule has 0 heterocycles. The van der Waals surface area contributed by atoms with Crippen LogP contribution in [-0.4, -0.2) is 16.6 Å². The maximum Gasteiger partial charge on any atom is 0.323 e. The fraction of sp³-hybridized carbons (Fsp3) is 0.917. The fourth-order valence-electron chi connectivity index (χ4n) is 2.57. The van der Waals surface area contributed by atoms with Gasteiger partial charge in [0.2, 0.25) is 0 Å². The molecule has 1 fully saturated rings. The van der Waals surface area contributed by atoms with E-state index in [9.17, 15) is 9.90 Å². The molecule has 0 bridgehead atoms. The van der Waals surface area contributed by atoms with E-state index in [1.54, 1.807) is 0 Å². The van der Waals surface area contributed by atoms with Crippen molar-refractivity contribution in [2.24, 2.45) is 11.7 Å². The zero-order valence-electron chi connectivity index (χ0n) is 9.67. The Morgan fingerprint density at radius 3 is 2.47 bits per heavy atom. The van der Waals surface area contributed by atoms with Crippen LogP contribution in [0.2, 0.25) is 0 Å². The Balaban J connectivity index is 2.65. The summed E-state index contributed by atoms with van der Waals surface area (Å²) in [7, 11) is 0. The molecular weight excluding hydrogens is 190 g/mol. The van der Waals surface area contributed by atoms with E-state index in [4.69, 9.17) is 5.73 Å². The van der Waals surface area contributed by atoms with Gasteiger partial charge < -0.3 is 10.8 Å². The van der Waals surface area contributed by atoms with Gasteiger partial charge >= 0.3 is 5.97 Å². The summed E-state index contributed by atoms with van der Waals surface area (Å²) < 4.78 is 0. The first-order valence-electron chi connectivity index (χ1n) is 6.13. The minimum atomic E-state index is -0.962. The van der Waals surface area contributed by atoms with Crippen molar-refractivity contribution >= 4 is 5.97 Å². The Kier molecular flexibility index (Phi) is 4.58. The van der Waals surface area contributed by atoms with E-state index in [1.165, 1.54) is 6.42 Å². The Morgan fingerprint density at radius 2 is 2.00 bits per heavy atom. The van der Waals surface area contributed by atoms with Crippen LogP contribution >= 0.6 is 0 Å². The highest BCUT2D eigenvalue weighted by Gasteiger charge is 2.41. The SMILES string of the molecule is CCCC[C@@](N)(C(=O)O)C1CCCCC1. The molecule has 0 aliphatic heterocycles. The number of unbranched alkanes of at least 4 members (excludes halogenated alkanes) is 1. The first kappa shape index (κ1) is 12.5. The molecule has 3 heteroatoms. The zero-order valence-corrected chi connectivity index (χ0v) is 9.67. The molecule has 0 aromatic carbocycles. The summed E-state index contributed by atoms with van der Waals surface area (Å²) in [4.78, 5) is 11.3. The number of carboxylic acids is 1. The summed E-state index contributed by atoms with van der Waals surface area (Å²) in [6.07, 6.45) is 8.06. The second-order valence-electron chi connectivity index (χ2n) is 4.78. The van der Waals surface area contributed by atoms with Gasteiger partial charge in [0, 0.05) is 0 Å². The number of hydrogen-bond donors (Lipinski definition) is 2. The zero-order chi connectivity index (χ0) is 11.3. The smallest absolute Gasteiger partial charge is 0.323 e. The van der Waals surface area contributed by atoms with Gasteiger partial charge in [0.15, 0.2) is 0 Å². The van der Waals surface area contributed by atoms with Gasteiger partial charge in [-0.2, -0.15) is 0 Å². The van der Waals surface area contributed by atoms with Crippen molar-refractivity contribution in [2.45, 2.75) is 63.8 Å². The number of carbonyl (C=O) groups is 1. The van der Waals surface area contributed by atoms with Crippen LogP contribution in [0.4, 0.5) is 0 Å². The van der Waals surface area contributed by atoms with E-state index >= 15 is 0 Å². The first-order valence-corrected chi connectivity index (χ1v) is 6.13. The summed E-state index contributed by atoms with van der Waals surface area (Å²) in [6.45, 7) is 2.07. The fourth-order valence-corrected chi connectivity index (χ4v) is 2.57. The lowest BCUT2D eigenvalue weighted by Crippen LogP contribution is -2.54. The van der Waals surface area contributed by atoms with Crippen molar-refractivity contribution in [3.05, 3.63) is 0 Å². The van der Waals surface area contributed by atoms with Crippen molar-refractivity contribution < 1.29 is 9.90 Å². The second kappa shape index (κ2) is 5.50. The maximum absolute atomic E-state index is 11.3. The Bertz CT molecular complexity index is 212. The van der Waals surface area contributed by atoms with Crippen LogP contribution in [0.1, 0.15) is 58.3 Å². The third-order valence-corrected chi connectivity index (χ3v) is 3.68. The highest BCUT2D eigenvalue weighted by atomic mass is 16.4. The number of aliphatic carboxylic acids is 1. The molecule has 88 valence electrons. The van der Waals surface area contributed by atoms with Crippen molar-refractivity contribution in [1.82, 2.24) is 0 Å². The van der Waals surface area contributed by atoms with Gasteiger partial charge in [-0.25, -0.2) is 0 Å². The normalized spacial score (nSPS) is 22.3. The molecule has 0 spiro atoms. The van der Waals surface area contributed by atoms with Crippen LogP contribution in [-0.2, 0) is 4.79 Å².